The van der Waals surface area contributed by atoms with E-state index in [1.54, 1.807) is 47.4 Å². The van der Waals surface area contributed by atoms with Gasteiger partial charge in [-0.05, 0) is 36.4 Å². The van der Waals surface area contributed by atoms with Crippen molar-refractivity contribution in [3.63, 3.8) is 0 Å². The Morgan fingerprint density at radius 1 is 0.968 bits per heavy atom. The van der Waals surface area contributed by atoms with Crippen molar-refractivity contribution in [1.82, 2.24) is 24.7 Å². The van der Waals surface area contributed by atoms with E-state index in [9.17, 15) is 4.79 Å². The highest BCUT2D eigenvalue weighted by Gasteiger charge is 2.09. The standard InChI is InChI=1S/C22H20N6O3/c29-21(17-13-24-22(25-14-17)31-20-5-2-1-3-6-20)27-18-7-9-19(10-8-18)30-12-4-11-28-16-23-15-26-28/h1-3,5-10,13-16H,4,11-12H2,(H,27,29). The lowest BCUT2D eigenvalue weighted by Crippen LogP contribution is -2.12. The van der Waals surface area contributed by atoms with Crippen LogP contribution in [-0.4, -0.2) is 37.2 Å². The maximum Gasteiger partial charge on any atom is 0.321 e. The average molecular weight is 416 g/mol. The molecule has 0 atom stereocenters. The number of benzene rings is 2. The number of hydrogen-bond acceptors (Lipinski definition) is 7. The number of carbonyl (C=O) groups is 1. The molecule has 0 radical (unpaired) electrons. The molecule has 0 aliphatic rings. The monoisotopic (exact) mass is 416 g/mol. The Hall–Kier alpha value is -4.27. The number of hydrogen-bond donors (Lipinski definition) is 1. The fraction of sp³-hybridized carbons (Fsp3) is 0.136. The zero-order valence-corrected chi connectivity index (χ0v) is 16.6. The maximum absolute atomic E-state index is 12.4. The molecule has 0 bridgehead atoms. The molecule has 31 heavy (non-hydrogen) atoms. The minimum absolute atomic E-state index is 0.174. The molecular formula is C22H20N6O3. The van der Waals surface area contributed by atoms with Crippen LogP contribution in [0.4, 0.5) is 5.69 Å². The first kappa shape index (κ1) is 20.0. The van der Waals surface area contributed by atoms with Crippen molar-refractivity contribution < 1.29 is 14.3 Å². The van der Waals surface area contributed by atoms with Crippen molar-refractivity contribution >= 4 is 11.6 Å². The fourth-order valence-corrected chi connectivity index (χ4v) is 2.68. The SMILES string of the molecule is O=C(Nc1ccc(OCCCn2cncn2)cc1)c1cnc(Oc2ccccc2)nc1. The summed E-state index contributed by atoms with van der Waals surface area (Å²) in [6.07, 6.45) is 6.84. The molecule has 1 amide bonds. The number of nitrogens with one attached hydrogen (secondary N) is 1. The van der Waals surface area contributed by atoms with Gasteiger partial charge in [-0.3, -0.25) is 9.48 Å². The molecule has 2 aromatic heterocycles. The van der Waals surface area contributed by atoms with Crippen LogP contribution >= 0.6 is 0 Å². The van der Waals surface area contributed by atoms with Gasteiger partial charge in [-0.15, -0.1) is 0 Å². The summed E-state index contributed by atoms with van der Waals surface area (Å²) in [6, 6.07) is 16.5. The molecule has 0 unspecified atom stereocenters. The molecule has 1 N–H and O–H groups in total. The minimum Gasteiger partial charge on any atom is -0.494 e. The van der Waals surface area contributed by atoms with Gasteiger partial charge in [-0.25, -0.2) is 15.0 Å². The summed E-state index contributed by atoms with van der Waals surface area (Å²) in [4.78, 5) is 24.5. The van der Waals surface area contributed by atoms with Crippen LogP contribution in [0.2, 0.25) is 0 Å². The molecule has 0 saturated carbocycles. The number of aromatic nitrogens is 5. The summed E-state index contributed by atoms with van der Waals surface area (Å²) in [5, 5.41) is 6.85. The van der Waals surface area contributed by atoms with E-state index in [0.29, 0.717) is 23.6 Å². The minimum atomic E-state index is -0.312. The number of para-hydroxylation sites is 1. The smallest absolute Gasteiger partial charge is 0.321 e. The normalized spacial score (nSPS) is 10.5. The third kappa shape index (κ3) is 5.86. The zero-order valence-electron chi connectivity index (χ0n) is 16.6. The Morgan fingerprint density at radius 3 is 2.45 bits per heavy atom. The molecule has 4 aromatic rings. The predicted octanol–water partition coefficient (Wildman–Crippen LogP) is 3.58. The van der Waals surface area contributed by atoms with Crippen LogP contribution in [0, 0.1) is 0 Å². The Morgan fingerprint density at radius 2 is 1.74 bits per heavy atom. The number of amides is 1. The Kier molecular flexibility index (Phi) is 6.44. The second-order valence-electron chi connectivity index (χ2n) is 6.51. The summed E-state index contributed by atoms with van der Waals surface area (Å²) in [6.45, 7) is 1.30. The van der Waals surface area contributed by atoms with Crippen LogP contribution in [0.5, 0.6) is 17.5 Å². The van der Waals surface area contributed by atoms with Crippen LogP contribution < -0.4 is 14.8 Å². The van der Waals surface area contributed by atoms with Gasteiger partial charge in [0.15, 0.2) is 0 Å². The predicted molar refractivity (Wildman–Crippen MR) is 113 cm³/mol. The molecular weight excluding hydrogens is 396 g/mol. The van der Waals surface area contributed by atoms with Gasteiger partial charge in [0.05, 0.1) is 12.2 Å². The molecule has 0 saturated heterocycles. The van der Waals surface area contributed by atoms with Crippen LogP contribution in [-0.2, 0) is 6.54 Å². The highest BCUT2D eigenvalue weighted by molar-refractivity contribution is 6.03. The molecule has 0 spiro atoms. The van der Waals surface area contributed by atoms with Crippen LogP contribution in [0.3, 0.4) is 0 Å². The van der Waals surface area contributed by atoms with E-state index >= 15 is 0 Å². The van der Waals surface area contributed by atoms with Gasteiger partial charge < -0.3 is 14.8 Å². The van der Waals surface area contributed by atoms with Crippen molar-refractivity contribution in [2.24, 2.45) is 0 Å². The molecule has 0 aliphatic heterocycles. The van der Waals surface area contributed by atoms with Gasteiger partial charge in [0.25, 0.3) is 5.91 Å². The van der Waals surface area contributed by atoms with Crippen LogP contribution in [0.25, 0.3) is 0 Å². The number of aryl methyl sites for hydroxylation is 1. The largest absolute Gasteiger partial charge is 0.494 e. The molecule has 156 valence electrons. The van der Waals surface area contributed by atoms with Crippen LogP contribution in [0.15, 0.2) is 79.6 Å². The van der Waals surface area contributed by atoms with E-state index in [4.69, 9.17) is 9.47 Å². The summed E-state index contributed by atoms with van der Waals surface area (Å²) >= 11 is 0. The molecule has 9 heteroatoms. The fourth-order valence-electron chi connectivity index (χ4n) is 2.68. The summed E-state index contributed by atoms with van der Waals surface area (Å²) in [5.74, 6) is 1.04. The highest BCUT2D eigenvalue weighted by atomic mass is 16.5. The van der Waals surface area contributed by atoms with E-state index in [1.807, 2.05) is 18.2 Å². The molecule has 9 nitrogen and oxygen atoms in total. The van der Waals surface area contributed by atoms with Crippen LogP contribution in [0.1, 0.15) is 16.8 Å². The molecule has 0 aliphatic carbocycles. The van der Waals surface area contributed by atoms with Crippen molar-refractivity contribution in [3.8, 4) is 17.5 Å². The number of nitrogens with zero attached hydrogens (tertiary/aromatic N) is 5. The van der Waals surface area contributed by atoms with E-state index in [-0.39, 0.29) is 11.9 Å². The zero-order chi connectivity index (χ0) is 21.3. The number of rotatable bonds is 9. The topological polar surface area (TPSA) is 104 Å². The Labute approximate surface area is 178 Å². The summed E-state index contributed by atoms with van der Waals surface area (Å²) in [5.41, 5.74) is 0.971. The van der Waals surface area contributed by atoms with E-state index < -0.39 is 0 Å². The third-order valence-electron chi connectivity index (χ3n) is 4.22. The lowest BCUT2D eigenvalue weighted by atomic mass is 10.2. The van der Waals surface area contributed by atoms with Gasteiger partial charge >= 0.3 is 6.01 Å². The lowest BCUT2D eigenvalue weighted by molar-refractivity contribution is 0.102. The van der Waals surface area contributed by atoms with Gasteiger partial charge in [0.1, 0.15) is 24.2 Å². The molecule has 0 fully saturated rings. The van der Waals surface area contributed by atoms with Crippen molar-refractivity contribution in [2.75, 3.05) is 11.9 Å². The quantitative estimate of drug-likeness (QED) is 0.416. The average Bonchev–Trinajstić information content (AvgIpc) is 3.33. The van der Waals surface area contributed by atoms with Gasteiger partial charge in [-0.2, -0.15) is 5.10 Å². The molecule has 2 heterocycles. The lowest BCUT2D eigenvalue weighted by Gasteiger charge is -2.09. The summed E-state index contributed by atoms with van der Waals surface area (Å²) < 4.78 is 13.0. The first-order valence-corrected chi connectivity index (χ1v) is 9.68. The second-order valence-corrected chi connectivity index (χ2v) is 6.51. The Bertz CT molecular complexity index is 1080. The maximum atomic E-state index is 12.4. The third-order valence-corrected chi connectivity index (χ3v) is 4.22. The van der Waals surface area contributed by atoms with Crippen molar-refractivity contribution in [2.45, 2.75) is 13.0 Å². The van der Waals surface area contributed by atoms with Crippen molar-refractivity contribution in [3.05, 3.63) is 85.2 Å². The second kappa shape index (κ2) is 9.97. The number of carbonyl (C=O) groups excluding carboxylic acids is 1. The number of ether oxygens (including phenoxy) is 2. The van der Waals surface area contributed by atoms with E-state index in [1.165, 1.54) is 18.7 Å². The van der Waals surface area contributed by atoms with Gasteiger partial charge in [-0.1, -0.05) is 18.2 Å². The van der Waals surface area contributed by atoms with Crippen molar-refractivity contribution in [1.29, 1.82) is 0 Å². The number of anilines is 1. The van der Waals surface area contributed by atoms with E-state index in [2.05, 4.69) is 25.4 Å². The molecule has 2 aromatic carbocycles. The Balaban J connectivity index is 1.25. The highest BCUT2D eigenvalue weighted by Crippen LogP contribution is 2.18. The van der Waals surface area contributed by atoms with Gasteiger partial charge in [0.2, 0.25) is 0 Å². The van der Waals surface area contributed by atoms with Gasteiger partial charge in [0, 0.05) is 31.0 Å². The first-order valence-electron chi connectivity index (χ1n) is 9.68. The first-order chi connectivity index (χ1) is 15.3. The molecule has 4 rings (SSSR count). The van der Waals surface area contributed by atoms with E-state index in [0.717, 1.165) is 18.7 Å². The summed E-state index contributed by atoms with van der Waals surface area (Å²) in [7, 11) is 0.